The number of nitrogen functional groups attached to an aromatic ring is 1. The third-order valence-corrected chi connectivity index (χ3v) is 4.22. The van der Waals surface area contributed by atoms with Crippen LogP contribution in [0.4, 0.5) is 5.69 Å². The summed E-state index contributed by atoms with van der Waals surface area (Å²) in [6.07, 6.45) is 1.76. The molecule has 0 spiro atoms. The third kappa shape index (κ3) is 2.05. The molecule has 0 atom stereocenters. The number of rotatable bonds is 2. The molecule has 3 aromatic rings. The topological polar surface area (TPSA) is 54.7 Å². The Hall–Kier alpha value is -1.65. The highest BCUT2D eigenvalue weighted by Crippen LogP contribution is 2.37. The number of hydrogen-bond donors (Lipinski definition) is 2. The average Bonchev–Trinajstić information content (AvgIpc) is 2.79. The minimum Gasteiger partial charge on any atom is -0.398 e. The Bertz CT molecular complexity index is 708. The first-order valence-corrected chi connectivity index (χ1v) is 6.58. The van der Waals surface area contributed by atoms with Crippen molar-refractivity contribution >= 4 is 40.0 Å². The zero-order chi connectivity index (χ0) is 12.5. The molecule has 1 aromatic heterocycles. The maximum atomic E-state index is 6.14. The van der Waals surface area contributed by atoms with E-state index in [2.05, 4.69) is 10.2 Å². The number of hydrogen-bond acceptors (Lipinski definition) is 3. The molecule has 5 heteroatoms. The number of fused-ring (bicyclic) bond motifs is 1. The van der Waals surface area contributed by atoms with E-state index in [0.29, 0.717) is 0 Å². The quantitative estimate of drug-likeness (QED) is 0.696. The predicted octanol–water partition coefficient (Wildman–Crippen LogP) is 3.95. The number of anilines is 1. The van der Waals surface area contributed by atoms with E-state index in [1.807, 2.05) is 36.4 Å². The summed E-state index contributed by atoms with van der Waals surface area (Å²) in [5.41, 5.74) is 7.74. The minimum absolute atomic E-state index is 0.728. The van der Waals surface area contributed by atoms with Crippen LogP contribution in [0.25, 0.3) is 10.9 Å². The zero-order valence-corrected chi connectivity index (χ0v) is 10.9. The second kappa shape index (κ2) is 4.55. The number of nitrogens with one attached hydrogen (secondary N) is 1. The molecule has 1 heterocycles. The van der Waals surface area contributed by atoms with Gasteiger partial charge in [-0.25, -0.2) is 0 Å². The molecule has 0 fully saturated rings. The molecule has 0 unspecified atom stereocenters. The van der Waals surface area contributed by atoms with E-state index in [1.165, 1.54) is 0 Å². The summed E-state index contributed by atoms with van der Waals surface area (Å²) in [5.74, 6) is 0. The molecule has 0 radical (unpaired) electrons. The van der Waals surface area contributed by atoms with Crippen molar-refractivity contribution in [1.82, 2.24) is 10.2 Å². The molecule has 0 aliphatic heterocycles. The van der Waals surface area contributed by atoms with Crippen molar-refractivity contribution < 1.29 is 0 Å². The van der Waals surface area contributed by atoms with Gasteiger partial charge in [0.25, 0.3) is 0 Å². The lowest BCUT2D eigenvalue weighted by Crippen LogP contribution is -1.88. The smallest absolute Gasteiger partial charge is 0.0663 e. The highest BCUT2D eigenvalue weighted by atomic mass is 35.5. The third-order valence-electron chi connectivity index (χ3n) is 2.63. The van der Waals surface area contributed by atoms with E-state index in [4.69, 9.17) is 17.3 Å². The SMILES string of the molecule is Nc1cc2cn[nH]c2cc1Sc1ccccc1Cl. The molecule has 0 saturated carbocycles. The van der Waals surface area contributed by atoms with Gasteiger partial charge in [0, 0.05) is 20.9 Å². The number of benzene rings is 2. The summed E-state index contributed by atoms with van der Waals surface area (Å²) in [7, 11) is 0. The van der Waals surface area contributed by atoms with Crippen LogP contribution >= 0.6 is 23.4 Å². The second-order valence-corrected chi connectivity index (χ2v) is 5.37. The molecule has 0 amide bonds. The number of nitrogens with two attached hydrogens (primary N) is 1. The molecule has 0 aliphatic rings. The molecule has 3 N–H and O–H groups in total. The molecule has 3 nitrogen and oxygen atoms in total. The van der Waals surface area contributed by atoms with E-state index in [1.54, 1.807) is 18.0 Å². The van der Waals surface area contributed by atoms with E-state index >= 15 is 0 Å². The van der Waals surface area contributed by atoms with Gasteiger partial charge in [0.05, 0.1) is 16.7 Å². The Labute approximate surface area is 113 Å². The van der Waals surface area contributed by atoms with Gasteiger partial charge >= 0.3 is 0 Å². The summed E-state index contributed by atoms with van der Waals surface area (Å²) in [5, 5.41) is 8.67. The van der Waals surface area contributed by atoms with Crippen LogP contribution in [0, 0.1) is 0 Å². The molecular formula is C13H10ClN3S. The van der Waals surface area contributed by atoms with Crippen molar-refractivity contribution in [2.24, 2.45) is 0 Å². The normalized spacial score (nSPS) is 10.9. The minimum atomic E-state index is 0.728. The Morgan fingerprint density at radius 1 is 1.17 bits per heavy atom. The molecule has 90 valence electrons. The van der Waals surface area contributed by atoms with E-state index in [9.17, 15) is 0 Å². The Balaban J connectivity index is 2.04. The summed E-state index contributed by atoms with van der Waals surface area (Å²) in [6.45, 7) is 0. The lowest BCUT2D eigenvalue weighted by molar-refractivity contribution is 1.12. The molecule has 0 saturated heterocycles. The number of aromatic amines is 1. The number of aromatic nitrogens is 2. The largest absolute Gasteiger partial charge is 0.398 e. The van der Waals surface area contributed by atoms with Gasteiger partial charge in [-0.2, -0.15) is 5.10 Å². The Morgan fingerprint density at radius 3 is 2.83 bits per heavy atom. The van der Waals surface area contributed by atoms with Crippen molar-refractivity contribution in [3.05, 3.63) is 47.6 Å². The van der Waals surface area contributed by atoms with Crippen molar-refractivity contribution in [3.8, 4) is 0 Å². The summed E-state index contributed by atoms with van der Waals surface area (Å²) in [4.78, 5) is 1.96. The number of halogens is 1. The molecule has 0 aliphatic carbocycles. The number of H-pyrrole nitrogens is 1. The van der Waals surface area contributed by atoms with Gasteiger partial charge < -0.3 is 5.73 Å². The second-order valence-electron chi connectivity index (χ2n) is 3.88. The van der Waals surface area contributed by atoms with Gasteiger partial charge in [-0.1, -0.05) is 35.5 Å². The highest BCUT2D eigenvalue weighted by Gasteiger charge is 2.07. The zero-order valence-electron chi connectivity index (χ0n) is 9.35. The van der Waals surface area contributed by atoms with Crippen molar-refractivity contribution in [2.45, 2.75) is 9.79 Å². The fourth-order valence-electron chi connectivity index (χ4n) is 1.72. The van der Waals surface area contributed by atoms with Crippen molar-refractivity contribution in [1.29, 1.82) is 0 Å². The van der Waals surface area contributed by atoms with Crippen molar-refractivity contribution in [2.75, 3.05) is 5.73 Å². The molecule has 0 bridgehead atoms. The Morgan fingerprint density at radius 2 is 2.00 bits per heavy atom. The van der Waals surface area contributed by atoms with Crippen LogP contribution in [0.5, 0.6) is 0 Å². The van der Waals surface area contributed by atoms with E-state index < -0.39 is 0 Å². The van der Waals surface area contributed by atoms with Gasteiger partial charge in [0.15, 0.2) is 0 Å². The lowest BCUT2D eigenvalue weighted by Gasteiger charge is -2.07. The summed E-state index contributed by atoms with van der Waals surface area (Å²) >= 11 is 7.70. The monoisotopic (exact) mass is 275 g/mol. The predicted molar refractivity (Wildman–Crippen MR) is 76.1 cm³/mol. The van der Waals surface area contributed by atoms with Crippen LogP contribution in [0.3, 0.4) is 0 Å². The van der Waals surface area contributed by atoms with E-state index in [0.717, 1.165) is 31.4 Å². The van der Waals surface area contributed by atoms with Crippen LogP contribution < -0.4 is 5.73 Å². The van der Waals surface area contributed by atoms with E-state index in [-0.39, 0.29) is 0 Å². The maximum absolute atomic E-state index is 6.14. The van der Waals surface area contributed by atoms with Crippen LogP contribution in [0.2, 0.25) is 5.02 Å². The molecule has 2 aromatic carbocycles. The first-order valence-electron chi connectivity index (χ1n) is 5.39. The lowest BCUT2D eigenvalue weighted by atomic mass is 10.2. The van der Waals surface area contributed by atoms with Crippen LogP contribution in [0.15, 0.2) is 52.4 Å². The van der Waals surface area contributed by atoms with Crippen LogP contribution in [0.1, 0.15) is 0 Å². The average molecular weight is 276 g/mol. The fraction of sp³-hybridized carbons (Fsp3) is 0. The van der Waals surface area contributed by atoms with Gasteiger partial charge in [-0.3, -0.25) is 5.10 Å². The van der Waals surface area contributed by atoms with Crippen molar-refractivity contribution in [3.63, 3.8) is 0 Å². The fourth-order valence-corrected chi connectivity index (χ4v) is 2.88. The van der Waals surface area contributed by atoms with Crippen LogP contribution in [-0.2, 0) is 0 Å². The highest BCUT2D eigenvalue weighted by molar-refractivity contribution is 7.99. The van der Waals surface area contributed by atoms with Gasteiger partial charge in [0.2, 0.25) is 0 Å². The van der Waals surface area contributed by atoms with Gasteiger partial charge in [-0.15, -0.1) is 0 Å². The molecular weight excluding hydrogens is 266 g/mol. The standard InChI is InChI=1S/C13H10ClN3S/c14-9-3-1-2-4-12(9)18-13-6-11-8(5-10(13)15)7-16-17-11/h1-7H,15H2,(H,16,17). The first kappa shape index (κ1) is 11.4. The summed E-state index contributed by atoms with van der Waals surface area (Å²) in [6, 6.07) is 11.6. The van der Waals surface area contributed by atoms with Gasteiger partial charge in [-0.05, 0) is 24.3 Å². The van der Waals surface area contributed by atoms with Crippen LogP contribution in [-0.4, -0.2) is 10.2 Å². The Kier molecular flexibility index (Phi) is 2.89. The molecule has 18 heavy (non-hydrogen) atoms. The maximum Gasteiger partial charge on any atom is 0.0663 e. The van der Waals surface area contributed by atoms with Gasteiger partial charge in [0.1, 0.15) is 0 Å². The molecule has 3 rings (SSSR count). The summed E-state index contributed by atoms with van der Waals surface area (Å²) < 4.78 is 0. The first-order chi connectivity index (χ1) is 8.74. The number of nitrogens with zero attached hydrogens (tertiary/aromatic N) is 1.